The molecule has 2 aliphatic rings. The van der Waals surface area contributed by atoms with Crippen molar-refractivity contribution < 1.29 is 13.2 Å². The van der Waals surface area contributed by atoms with Crippen LogP contribution in [0.4, 0.5) is 0 Å². The van der Waals surface area contributed by atoms with Gasteiger partial charge in [0.2, 0.25) is 5.91 Å². The van der Waals surface area contributed by atoms with Gasteiger partial charge in [-0.05, 0) is 33.4 Å². The standard InChI is InChI=1S/C13H25N3O3S/c1-16(2)13(4-3-5-13)10-15-12(17)8-11-9-20(18,19)7-6-14-11/h11,14H,3-10H2,1-2H3,(H,15,17). The third-order valence-electron chi connectivity index (χ3n) is 4.58. The Balaban J connectivity index is 1.78. The van der Waals surface area contributed by atoms with Crippen molar-refractivity contribution >= 4 is 15.7 Å². The number of hydrogen-bond acceptors (Lipinski definition) is 5. The summed E-state index contributed by atoms with van der Waals surface area (Å²) in [6.07, 6.45) is 3.66. The molecule has 1 heterocycles. The molecule has 6 nitrogen and oxygen atoms in total. The molecule has 0 radical (unpaired) electrons. The SMILES string of the molecule is CN(C)C1(CNC(=O)CC2CS(=O)(=O)CCN2)CCC1. The van der Waals surface area contributed by atoms with E-state index >= 15 is 0 Å². The molecular weight excluding hydrogens is 278 g/mol. The molecule has 116 valence electrons. The summed E-state index contributed by atoms with van der Waals surface area (Å²) in [6.45, 7) is 1.10. The lowest BCUT2D eigenvalue weighted by Crippen LogP contribution is -2.57. The lowest BCUT2D eigenvalue weighted by molar-refractivity contribution is -0.122. The van der Waals surface area contributed by atoms with Gasteiger partial charge in [0.1, 0.15) is 0 Å². The number of sulfone groups is 1. The van der Waals surface area contributed by atoms with Gasteiger partial charge in [-0.25, -0.2) is 8.42 Å². The zero-order chi connectivity index (χ0) is 14.8. The quantitative estimate of drug-likeness (QED) is 0.707. The first-order chi connectivity index (χ1) is 9.33. The second kappa shape index (κ2) is 5.99. The second-order valence-corrected chi connectivity index (χ2v) is 8.45. The van der Waals surface area contributed by atoms with Gasteiger partial charge in [-0.3, -0.25) is 4.79 Å². The summed E-state index contributed by atoms with van der Waals surface area (Å²) < 4.78 is 23.1. The monoisotopic (exact) mass is 303 g/mol. The lowest BCUT2D eigenvalue weighted by Gasteiger charge is -2.47. The Labute approximate surface area is 121 Å². The molecule has 1 aliphatic carbocycles. The molecule has 0 aromatic rings. The normalized spacial score (nSPS) is 27.9. The van der Waals surface area contributed by atoms with Gasteiger partial charge in [0.15, 0.2) is 9.84 Å². The highest BCUT2D eigenvalue weighted by atomic mass is 32.2. The molecule has 2 N–H and O–H groups in total. The van der Waals surface area contributed by atoms with E-state index in [1.807, 2.05) is 14.1 Å². The van der Waals surface area contributed by atoms with Crippen molar-refractivity contribution in [2.24, 2.45) is 0 Å². The molecule has 2 fully saturated rings. The van der Waals surface area contributed by atoms with Crippen LogP contribution < -0.4 is 10.6 Å². The Kier molecular flexibility index (Phi) is 4.71. The molecule has 1 saturated heterocycles. The third-order valence-corrected chi connectivity index (χ3v) is 6.32. The van der Waals surface area contributed by atoms with E-state index in [0.717, 1.165) is 12.8 Å². The van der Waals surface area contributed by atoms with Crippen molar-refractivity contribution in [3.05, 3.63) is 0 Å². The van der Waals surface area contributed by atoms with Crippen LogP contribution in [0.25, 0.3) is 0 Å². The van der Waals surface area contributed by atoms with Gasteiger partial charge < -0.3 is 15.5 Å². The van der Waals surface area contributed by atoms with Crippen LogP contribution in [0.2, 0.25) is 0 Å². The molecule has 20 heavy (non-hydrogen) atoms. The maximum absolute atomic E-state index is 12.0. The summed E-state index contributed by atoms with van der Waals surface area (Å²) in [5.74, 6) is 0.182. The van der Waals surface area contributed by atoms with Crippen molar-refractivity contribution in [1.29, 1.82) is 0 Å². The molecule has 0 aromatic carbocycles. The largest absolute Gasteiger partial charge is 0.354 e. The van der Waals surface area contributed by atoms with Crippen molar-refractivity contribution in [3.8, 4) is 0 Å². The molecule has 2 rings (SSSR count). The van der Waals surface area contributed by atoms with E-state index in [0.29, 0.717) is 13.1 Å². The number of likely N-dealkylation sites (N-methyl/N-ethyl adjacent to an activating group) is 1. The lowest BCUT2D eigenvalue weighted by atomic mass is 9.75. The number of hydrogen-bond donors (Lipinski definition) is 2. The fourth-order valence-corrected chi connectivity index (χ4v) is 4.37. The number of carbonyl (C=O) groups is 1. The first-order valence-corrected chi connectivity index (χ1v) is 9.03. The summed E-state index contributed by atoms with van der Waals surface area (Å²) in [5.41, 5.74) is 0.0989. The molecule has 1 aliphatic heterocycles. The van der Waals surface area contributed by atoms with Gasteiger partial charge in [-0.1, -0.05) is 0 Å². The first kappa shape index (κ1) is 15.7. The van der Waals surface area contributed by atoms with Gasteiger partial charge >= 0.3 is 0 Å². The zero-order valence-electron chi connectivity index (χ0n) is 12.3. The van der Waals surface area contributed by atoms with Crippen molar-refractivity contribution in [2.45, 2.75) is 37.3 Å². The average molecular weight is 303 g/mol. The Bertz CT molecular complexity index is 457. The average Bonchev–Trinajstić information content (AvgIpc) is 2.25. The molecule has 0 spiro atoms. The van der Waals surface area contributed by atoms with Crippen molar-refractivity contribution in [2.75, 3.05) is 38.7 Å². The molecule has 7 heteroatoms. The van der Waals surface area contributed by atoms with E-state index in [1.165, 1.54) is 6.42 Å². The predicted octanol–water partition coefficient (Wildman–Crippen LogP) is -0.636. The van der Waals surface area contributed by atoms with Crippen LogP contribution in [0.15, 0.2) is 0 Å². The predicted molar refractivity (Wildman–Crippen MR) is 78.3 cm³/mol. The summed E-state index contributed by atoms with van der Waals surface area (Å²) in [5, 5.41) is 6.07. The van der Waals surface area contributed by atoms with Gasteiger partial charge in [0, 0.05) is 31.1 Å². The summed E-state index contributed by atoms with van der Waals surface area (Å²) in [7, 11) is 1.11. The molecule has 1 saturated carbocycles. The minimum Gasteiger partial charge on any atom is -0.354 e. The maximum atomic E-state index is 12.0. The number of nitrogens with one attached hydrogen (secondary N) is 2. The second-order valence-electron chi connectivity index (χ2n) is 6.22. The number of amides is 1. The van der Waals surface area contributed by atoms with Crippen LogP contribution in [0.3, 0.4) is 0 Å². The van der Waals surface area contributed by atoms with E-state index in [-0.39, 0.29) is 35.4 Å². The van der Waals surface area contributed by atoms with Gasteiger partial charge in [-0.15, -0.1) is 0 Å². The fraction of sp³-hybridized carbons (Fsp3) is 0.923. The maximum Gasteiger partial charge on any atom is 0.221 e. The summed E-state index contributed by atoms with van der Waals surface area (Å²) >= 11 is 0. The van der Waals surface area contributed by atoms with Crippen molar-refractivity contribution in [3.63, 3.8) is 0 Å². The van der Waals surface area contributed by atoms with E-state index in [2.05, 4.69) is 15.5 Å². The molecule has 1 amide bonds. The third kappa shape index (κ3) is 3.71. The van der Waals surface area contributed by atoms with Crippen LogP contribution in [0, 0.1) is 0 Å². The Morgan fingerprint density at radius 2 is 2.10 bits per heavy atom. The van der Waals surface area contributed by atoms with Gasteiger partial charge in [0.05, 0.1) is 11.5 Å². The van der Waals surface area contributed by atoms with Gasteiger partial charge in [-0.2, -0.15) is 0 Å². The highest BCUT2D eigenvalue weighted by Gasteiger charge is 2.39. The van der Waals surface area contributed by atoms with Crippen LogP contribution in [0.1, 0.15) is 25.7 Å². The molecule has 0 aromatic heterocycles. The topological polar surface area (TPSA) is 78.5 Å². The Morgan fingerprint density at radius 3 is 2.60 bits per heavy atom. The van der Waals surface area contributed by atoms with E-state index in [4.69, 9.17) is 0 Å². The number of nitrogens with zero attached hydrogens (tertiary/aromatic N) is 1. The minimum atomic E-state index is -2.98. The number of carbonyl (C=O) groups excluding carboxylic acids is 1. The first-order valence-electron chi connectivity index (χ1n) is 7.21. The fourth-order valence-electron chi connectivity index (χ4n) is 2.92. The van der Waals surface area contributed by atoms with Crippen LogP contribution in [-0.4, -0.2) is 69.5 Å². The summed E-state index contributed by atoms with van der Waals surface area (Å²) in [4.78, 5) is 14.1. The highest BCUT2D eigenvalue weighted by Crippen LogP contribution is 2.35. The molecule has 1 atom stereocenters. The Hall–Kier alpha value is -0.660. The van der Waals surface area contributed by atoms with Crippen LogP contribution >= 0.6 is 0 Å². The zero-order valence-corrected chi connectivity index (χ0v) is 13.1. The van der Waals surface area contributed by atoms with Crippen LogP contribution in [-0.2, 0) is 14.6 Å². The summed E-state index contributed by atoms with van der Waals surface area (Å²) in [6, 6.07) is -0.245. The van der Waals surface area contributed by atoms with E-state index < -0.39 is 9.84 Å². The minimum absolute atomic E-state index is 0.0623. The van der Waals surface area contributed by atoms with Crippen molar-refractivity contribution in [1.82, 2.24) is 15.5 Å². The van der Waals surface area contributed by atoms with Gasteiger partial charge in [0.25, 0.3) is 0 Å². The van der Waals surface area contributed by atoms with Crippen LogP contribution in [0.5, 0.6) is 0 Å². The molecular formula is C13H25N3O3S. The molecule has 1 unspecified atom stereocenters. The number of rotatable bonds is 5. The highest BCUT2D eigenvalue weighted by molar-refractivity contribution is 7.91. The van der Waals surface area contributed by atoms with E-state index in [1.54, 1.807) is 0 Å². The smallest absolute Gasteiger partial charge is 0.221 e. The van der Waals surface area contributed by atoms with E-state index in [9.17, 15) is 13.2 Å². The Morgan fingerprint density at radius 1 is 1.40 bits per heavy atom. The molecule has 0 bridgehead atoms.